The largest absolute Gasteiger partial charge is 0.390 e. The van der Waals surface area contributed by atoms with Crippen LogP contribution in [0.25, 0.3) is 0 Å². The first-order valence-corrected chi connectivity index (χ1v) is 9.52. The molecule has 1 saturated heterocycles. The highest BCUT2D eigenvalue weighted by molar-refractivity contribution is 5.94. The summed E-state index contributed by atoms with van der Waals surface area (Å²) in [6, 6.07) is 18.0. The predicted molar refractivity (Wildman–Crippen MR) is 104 cm³/mol. The van der Waals surface area contributed by atoms with Crippen LogP contribution in [0, 0.1) is 0 Å². The Bertz CT molecular complexity index is 679. The van der Waals surface area contributed by atoms with Crippen LogP contribution in [0.5, 0.6) is 0 Å². The number of carbonyl (C=O) groups is 1. The number of benzene rings is 2. The van der Waals surface area contributed by atoms with Crippen molar-refractivity contribution in [1.82, 2.24) is 10.2 Å². The number of rotatable bonds is 7. The highest BCUT2D eigenvalue weighted by Gasteiger charge is 2.15. The normalized spacial score (nSPS) is 16.2. The molecule has 2 N–H and O–H groups in total. The number of nitrogens with one attached hydrogen (secondary N) is 1. The van der Waals surface area contributed by atoms with Crippen LogP contribution >= 0.6 is 0 Å². The molecule has 1 fully saturated rings. The van der Waals surface area contributed by atoms with Gasteiger partial charge in [-0.1, -0.05) is 48.9 Å². The molecular formula is C22H28N2O2. The lowest BCUT2D eigenvalue weighted by molar-refractivity contribution is 0.0831. The molecule has 26 heavy (non-hydrogen) atoms. The summed E-state index contributed by atoms with van der Waals surface area (Å²) in [5.41, 5.74) is 3.07. The van der Waals surface area contributed by atoms with E-state index in [1.54, 1.807) is 0 Å². The highest BCUT2D eigenvalue weighted by atomic mass is 16.3. The maximum Gasteiger partial charge on any atom is 0.251 e. The summed E-state index contributed by atoms with van der Waals surface area (Å²) >= 11 is 0. The quantitative estimate of drug-likeness (QED) is 0.806. The first-order chi connectivity index (χ1) is 12.7. The number of carbonyl (C=O) groups excluding carboxylic acids is 1. The molecule has 1 unspecified atom stereocenters. The minimum Gasteiger partial charge on any atom is -0.390 e. The molecule has 0 aromatic heterocycles. The fraction of sp³-hybridized carbons (Fsp3) is 0.409. The third-order valence-electron chi connectivity index (χ3n) is 4.88. The van der Waals surface area contributed by atoms with Crippen LogP contribution in [0.1, 0.15) is 40.7 Å². The Morgan fingerprint density at radius 1 is 0.962 bits per heavy atom. The van der Waals surface area contributed by atoms with E-state index in [4.69, 9.17) is 0 Å². The van der Waals surface area contributed by atoms with Crippen molar-refractivity contribution < 1.29 is 9.90 Å². The van der Waals surface area contributed by atoms with Gasteiger partial charge in [-0.05, 0) is 55.6 Å². The van der Waals surface area contributed by atoms with Gasteiger partial charge in [0.15, 0.2) is 0 Å². The van der Waals surface area contributed by atoms with Crippen molar-refractivity contribution in [1.29, 1.82) is 0 Å². The van der Waals surface area contributed by atoms with Crippen molar-refractivity contribution >= 4 is 5.91 Å². The third-order valence-corrected chi connectivity index (χ3v) is 4.88. The van der Waals surface area contributed by atoms with Gasteiger partial charge >= 0.3 is 0 Å². The molecule has 2 aromatic carbocycles. The van der Waals surface area contributed by atoms with Gasteiger partial charge in [0.1, 0.15) is 0 Å². The minimum absolute atomic E-state index is 0.131. The lowest BCUT2D eigenvalue weighted by atomic mass is 10.0. The molecule has 1 heterocycles. The summed E-state index contributed by atoms with van der Waals surface area (Å²) in [6.07, 6.45) is 4.03. The van der Waals surface area contributed by atoms with E-state index in [1.165, 1.54) is 30.4 Å². The zero-order valence-corrected chi connectivity index (χ0v) is 15.2. The first kappa shape index (κ1) is 18.6. The molecule has 1 aliphatic rings. The minimum atomic E-state index is -0.519. The van der Waals surface area contributed by atoms with E-state index in [9.17, 15) is 9.90 Å². The van der Waals surface area contributed by atoms with Gasteiger partial charge in [-0.3, -0.25) is 4.79 Å². The van der Waals surface area contributed by atoms with Crippen LogP contribution in [0.2, 0.25) is 0 Å². The summed E-state index contributed by atoms with van der Waals surface area (Å²) in [5, 5.41) is 13.0. The Hall–Kier alpha value is -2.17. The van der Waals surface area contributed by atoms with Gasteiger partial charge in [-0.15, -0.1) is 0 Å². The van der Waals surface area contributed by atoms with Crippen LogP contribution in [0.15, 0.2) is 54.6 Å². The SMILES string of the molecule is O=C(NCC(O)CN1CCCCC1)c1ccc(Cc2ccccc2)cc1. The van der Waals surface area contributed by atoms with Gasteiger partial charge in [-0.2, -0.15) is 0 Å². The highest BCUT2D eigenvalue weighted by Crippen LogP contribution is 2.11. The molecule has 0 spiro atoms. The van der Waals surface area contributed by atoms with Gasteiger partial charge in [0.25, 0.3) is 5.91 Å². The van der Waals surface area contributed by atoms with Crippen LogP contribution in [0.3, 0.4) is 0 Å². The monoisotopic (exact) mass is 352 g/mol. The Morgan fingerprint density at radius 2 is 1.62 bits per heavy atom. The van der Waals surface area contributed by atoms with Gasteiger partial charge in [0.05, 0.1) is 6.10 Å². The molecule has 0 radical (unpaired) electrons. The summed E-state index contributed by atoms with van der Waals surface area (Å²) < 4.78 is 0. The number of hydrogen-bond donors (Lipinski definition) is 2. The molecule has 0 saturated carbocycles. The maximum absolute atomic E-state index is 12.3. The van der Waals surface area contributed by atoms with Crippen LogP contribution in [0.4, 0.5) is 0 Å². The molecule has 4 nitrogen and oxygen atoms in total. The van der Waals surface area contributed by atoms with E-state index in [-0.39, 0.29) is 5.91 Å². The molecule has 0 bridgehead atoms. The van der Waals surface area contributed by atoms with E-state index in [2.05, 4.69) is 22.3 Å². The van der Waals surface area contributed by atoms with Crippen molar-refractivity contribution in [3.8, 4) is 0 Å². The molecule has 3 rings (SSSR count). The number of nitrogens with zero attached hydrogens (tertiary/aromatic N) is 1. The average molecular weight is 352 g/mol. The second-order valence-electron chi connectivity index (χ2n) is 7.08. The van der Waals surface area contributed by atoms with Crippen molar-refractivity contribution in [2.75, 3.05) is 26.2 Å². The van der Waals surface area contributed by atoms with Gasteiger partial charge in [-0.25, -0.2) is 0 Å². The zero-order valence-electron chi connectivity index (χ0n) is 15.2. The molecule has 1 atom stereocenters. The Kier molecular flexibility index (Phi) is 6.81. The molecule has 4 heteroatoms. The van der Waals surface area contributed by atoms with Crippen molar-refractivity contribution in [2.24, 2.45) is 0 Å². The number of β-amino-alcohol motifs (C(OH)–C–C–N with tert-alkyl or cyclic N) is 1. The second kappa shape index (κ2) is 9.51. The third kappa shape index (κ3) is 5.68. The second-order valence-corrected chi connectivity index (χ2v) is 7.08. The smallest absolute Gasteiger partial charge is 0.251 e. The molecular weight excluding hydrogens is 324 g/mol. The van der Waals surface area contributed by atoms with Gasteiger partial charge in [0, 0.05) is 18.7 Å². The summed E-state index contributed by atoms with van der Waals surface area (Å²) in [5.74, 6) is -0.131. The summed E-state index contributed by atoms with van der Waals surface area (Å²) in [6.45, 7) is 3.03. The standard InChI is InChI=1S/C22H28N2O2/c25-21(17-24-13-5-2-6-14-24)16-23-22(26)20-11-9-19(10-12-20)15-18-7-3-1-4-8-18/h1,3-4,7-12,21,25H,2,5-6,13-17H2,(H,23,26). The van der Waals surface area contributed by atoms with Gasteiger partial charge < -0.3 is 15.3 Å². The number of aliphatic hydroxyl groups excluding tert-OH is 1. The predicted octanol–water partition coefficient (Wildman–Crippen LogP) is 2.85. The molecule has 0 aliphatic carbocycles. The van der Waals surface area contributed by atoms with E-state index >= 15 is 0 Å². The number of amides is 1. The lowest BCUT2D eigenvalue weighted by Gasteiger charge is -2.28. The first-order valence-electron chi connectivity index (χ1n) is 9.52. The Balaban J connectivity index is 1.45. The van der Waals surface area contributed by atoms with Crippen molar-refractivity contribution in [2.45, 2.75) is 31.8 Å². The van der Waals surface area contributed by atoms with Gasteiger partial charge in [0.2, 0.25) is 0 Å². The molecule has 1 aliphatic heterocycles. The lowest BCUT2D eigenvalue weighted by Crippen LogP contribution is -2.42. The van der Waals surface area contributed by atoms with E-state index in [0.29, 0.717) is 18.7 Å². The van der Waals surface area contributed by atoms with Crippen molar-refractivity contribution in [3.63, 3.8) is 0 Å². The number of aliphatic hydroxyl groups is 1. The Morgan fingerprint density at radius 3 is 2.31 bits per heavy atom. The molecule has 2 aromatic rings. The summed E-state index contributed by atoms with van der Waals surface area (Å²) in [7, 11) is 0. The fourth-order valence-electron chi connectivity index (χ4n) is 3.42. The van der Waals surface area contributed by atoms with Crippen LogP contribution in [-0.4, -0.2) is 48.2 Å². The van der Waals surface area contributed by atoms with E-state index in [1.807, 2.05) is 42.5 Å². The fourth-order valence-corrected chi connectivity index (χ4v) is 3.42. The molecule has 138 valence electrons. The van der Waals surface area contributed by atoms with E-state index < -0.39 is 6.10 Å². The van der Waals surface area contributed by atoms with Crippen molar-refractivity contribution in [3.05, 3.63) is 71.3 Å². The maximum atomic E-state index is 12.3. The number of likely N-dealkylation sites (tertiary alicyclic amines) is 1. The number of hydrogen-bond acceptors (Lipinski definition) is 3. The van der Waals surface area contributed by atoms with Crippen LogP contribution < -0.4 is 5.32 Å². The topological polar surface area (TPSA) is 52.6 Å². The van der Waals surface area contributed by atoms with Crippen LogP contribution in [-0.2, 0) is 6.42 Å². The molecule has 1 amide bonds. The zero-order chi connectivity index (χ0) is 18.2. The number of piperidine rings is 1. The summed E-state index contributed by atoms with van der Waals surface area (Å²) in [4.78, 5) is 14.6. The van der Waals surface area contributed by atoms with E-state index in [0.717, 1.165) is 19.5 Å². The average Bonchev–Trinajstić information content (AvgIpc) is 2.68. The Labute approximate surface area is 155 Å².